The Bertz CT molecular complexity index is 738. The van der Waals surface area contributed by atoms with Crippen molar-refractivity contribution in [2.75, 3.05) is 27.7 Å². The van der Waals surface area contributed by atoms with Gasteiger partial charge in [0.05, 0.1) is 32.6 Å². The zero-order chi connectivity index (χ0) is 31.8. The largest absolute Gasteiger partial charge is 0.870 e. The average Bonchev–Trinajstić information content (AvgIpc) is 2.95. The minimum atomic E-state index is -4.00. The van der Waals surface area contributed by atoms with Crippen LogP contribution in [0.1, 0.15) is 168 Å². The molecular weight excluding hydrogens is 554 g/mol. The van der Waals surface area contributed by atoms with Crippen molar-refractivity contribution in [1.29, 1.82) is 0 Å². The summed E-state index contributed by atoms with van der Waals surface area (Å²) in [7, 11) is 2.88. The number of hydrogen-bond donors (Lipinski definition) is 1. The van der Waals surface area contributed by atoms with Crippen LogP contribution in [0.3, 0.4) is 0 Å². The molecule has 0 heterocycles. The molecule has 0 aliphatic heterocycles. The summed E-state index contributed by atoms with van der Waals surface area (Å²) in [4.78, 5) is -0.0741. The molecule has 0 saturated heterocycles. The van der Waals surface area contributed by atoms with Gasteiger partial charge < -0.3 is 9.96 Å². The van der Waals surface area contributed by atoms with Gasteiger partial charge in [0.2, 0.25) is 0 Å². The van der Waals surface area contributed by atoms with Crippen LogP contribution < -0.4 is 0 Å². The Morgan fingerprint density at radius 3 is 1.12 bits per heavy atom. The number of hydrogen-bond acceptors (Lipinski definition) is 3. The van der Waals surface area contributed by atoms with Crippen molar-refractivity contribution in [3.63, 3.8) is 0 Å². The molecule has 0 aliphatic carbocycles. The molecule has 5 nitrogen and oxygen atoms in total. The van der Waals surface area contributed by atoms with Gasteiger partial charge in [-0.3, -0.25) is 4.55 Å². The van der Waals surface area contributed by atoms with Crippen molar-refractivity contribution < 1.29 is 22.9 Å². The molecule has 1 rings (SSSR count). The monoisotopic (exact) mass is 629 g/mol. The molecule has 257 valence electrons. The third-order valence-electron chi connectivity index (χ3n) is 7.58. The van der Waals surface area contributed by atoms with Crippen molar-refractivity contribution in [1.82, 2.24) is 0 Å². The topological polar surface area (TPSA) is 84.4 Å². The highest BCUT2D eigenvalue weighted by Gasteiger charge is 2.06. The minimum absolute atomic E-state index is 0. The van der Waals surface area contributed by atoms with Crippen molar-refractivity contribution in [2.45, 2.75) is 173 Å². The minimum Gasteiger partial charge on any atom is -0.870 e. The maximum atomic E-state index is 10.4. The van der Waals surface area contributed by atoms with Gasteiger partial charge >= 0.3 is 0 Å². The van der Waals surface area contributed by atoms with Gasteiger partial charge in [-0.25, -0.2) is 0 Å². The van der Waals surface area contributed by atoms with E-state index in [-0.39, 0.29) is 10.4 Å². The zero-order valence-electron chi connectivity index (χ0n) is 29.3. The third-order valence-corrected chi connectivity index (χ3v) is 8.44. The van der Waals surface area contributed by atoms with E-state index >= 15 is 0 Å². The second-order valence-corrected chi connectivity index (χ2v) is 14.5. The van der Waals surface area contributed by atoms with E-state index in [2.05, 4.69) is 41.9 Å². The lowest BCUT2D eigenvalue weighted by Gasteiger charge is -2.23. The summed E-state index contributed by atoms with van der Waals surface area (Å²) in [6, 6.07) is 7.42. The number of rotatable bonds is 25. The summed E-state index contributed by atoms with van der Waals surface area (Å²) in [5.41, 5.74) is 0. The molecule has 0 bridgehead atoms. The van der Waals surface area contributed by atoms with Gasteiger partial charge in [0.25, 0.3) is 10.1 Å². The van der Waals surface area contributed by atoms with Crippen LogP contribution in [0.4, 0.5) is 0 Å². The number of nitrogens with zero attached hydrogens (tertiary/aromatic N) is 1. The summed E-state index contributed by atoms with van der Waals surface area (Å²) < 4.78 is 30.4. The smallest absolute Gasteiger partial charge is 0.294 e. The van der Waals surface area contributed by atoms with Crippen molar-refractivity contribution in [3.8, 4) is 0 Å². The van der Waals surface area contributed by atoms with Crippen molar-refractivity contribution in [2.24, 2.45) is 0 Å². The molecule has 0 amide bonds. The van der Waals surface area contributed by atoms with E-state index in [0.717, 1.165) is 10.9 Å². The number of quaternary nitrogens is 1. The van der Waals surface area contributed by atoms with Gasteiger partial charge in [-0.1, -0.05) is 180 Å². The van der Waals surface area contributed by atoms with E-state index in [9.17, 15) is 8.42 Å². The second kappa shape index (κ2) is 33.9. The van der Waals surface area contributed by atoms with E-state index in [1.165, 1.54) is 166 Å². The zero-order valence-corrected chi connectivity index (χ0v) is 30.2. The Hall–Kier alpha value is -0.950. The molecule has 1 aromatic carbocycles. The third kappa shape index (κ3) is 41.1. The molecule has 6 heteroatoms. The molecule has 1 radical (unpaired) electrons. The van der Waals surface area contributed by atoms with E-state index in [0.29, 0.717) is 0 Å². The highest BCUT2D eigenvalue weighted by Crippen LogP contribution is 2.13. The predicted octanol–water partition coefficient (Wildman–Crippen LogP) is 11.7. The van der Waals surface area contributed by atoms with Crippen LogP contribution in [0.15, 0.2) is 35.2 Å². The lowest BCUT2D eigenvalue weighted by Crippen LogP contribution is -2.35. The lowest BCUT2D eigenvalue weighted by atomic mass is 10.0. The molecule has 0 saturated carbocycles. The fourth-order valence-corrected chi connectivity index (χ4v) is 5.36. The molecule has 0 spiro atoms. The standard InChI is InChI=1S/C19H42N.C12H25.C6H6O3S.H2O/c1-5-6-7-8-9-10-11-12-13-14-15-16-17-18-19-20(2,3)4;1-3-5-7-9-11-12-10-8-6-4-2;7-10(8,9)6-4-2-1-3-5-6;/h5-19H2,1-4H3;1,3-12H2,2H3;1-5H,(H,7,8,9);1H2/q+1;;;/p-1. The van der Waals surface area contributed by atoms with Crippen molar-refractivity contribution in [3.05, 3.63) is 37.3 Å². The van der Waals surface area contributed by atoms with E-state index in [1.54, 1.807) is 18.2 Å². The Labute approximate surface area is 270 Å². The average molecular weight is 629 g/mol. The highest BCUT2D eigenvalue weighted by molar-refractivity contribution is 7.85. The van der Waals surface area contributed by atoms with Crippen LogP contribution in [-0.2, 0) is 10.1 Å². The molecule has 0 aliphatic rings. The summed E-state index contributed by atoms with van der Waals surface area (Å²) in [6.07, 6.45) is 34.3. The number of benzene rings is 1. The molecule has 0 unspecified atom stereocenters. The van der Waals surface area contributed by atoms with Gasteiger partial charge in [-0.15, -0.1) is 0 Å². The lowest BCUT2D eigenvalue weighted by molar-refractivity contribution is -0.870. The molecule has 43 heavy (non-hydrogen) atoms. The Balaban J connectivity index is -0.000000594. The number of unbranched alkanes of at least 4 members (excludes halogenated alkanes) is 22. The van der Waals surface area contributed by atoms with Crippen LogP contribution in [-0.4, -0.2) is 50.6 Å². The van der Waals surface area contributed by atoms with Crippen LogP contribution in [0.2, 0.25) is 0 Å². The second-order valence-electron chi connectivity index (χ2n) is 13.1. The van der Waals surface area contributed by atoms with E-state index < -0.39 is 10.1 Å². The van der Waals surface area contributed by atoms with Gasteiger partial charge in [0.1, 0.15) is 0 Å². The molecular formula is C37H74NO4S. The first-order chi connectivity index (χ1) is 20.1. The maximum Gasteiger partial charge on any atom is 0.294 e. The van der Waals surface area contributed by atoms with E-state index in [1.807, 2.05) is 0 Å². The predicted molar refractivity (Wildman–Crippen MR) is 189 cm³/mol. The highest BCUT2D eigenvalue weighted by atomic mass is 32.2. The van der Waals surface area contributed by atoms with Crippen LogP contribution in [0.25, 0.3) is 0 Å². The van der Waals surface area contributed by atoms with Gasteiger partial charge in [-0.2, -0.15) is 8.42 Å². The van der Waals surface area contributed by atoms with Crippen LogP contribution >= 0.6 is 0 Å². The molecule has 0 aromatic heterocycles. The van der Waals surface area contributed by atoms with Gasteiger partial charge in [-0.05, 0) is 25.0 Å². The summed E-state index contributed by atoms with van der Waals surface area (Å²) in [5, 5.41) is 0. The maximum absolute atomic E-state index is 10.4. The molecule has 0 atom stereocenters. The normalized spacial score (nSPS) is 11.1. The van der Waals surface area contributed by atoms with Gasteiger partial charge in [0.15, 0.2) is 0 Å². The Kier molecular flexibility index (Phi) is 36.7. The van der Waals surface area contributed by atoms with Crippen LogP contribution in [0.5, 0.6) is 0 Å². The summed E-state index contributed by atoms with van der Waals surface area (Å²) >= 11 is 0. The molecule has 1 aromatic rings. The van der Waals surface area contributed by atoms with E-state index in [4.69, 9.17) is 4.55 Å². The fraction of sp³-hybridized carbons (Fsp3) is 0.811. The van der Waals surface area contributed by atoms with Crippen LogP contribution in [0, 0.1) is 6.92 Å². The summed E-state index contributed by atoms with van der Waals surface area (Å²) in [5.74, 6) is 0. The van der Waals surface area contributed by atoms with Crippen molar-refractivity contribution >= 4 is 10.1 Å². The van der Waals surface area contributed by atoms with Gasteiger partial charge in [0, 0.05) is 0 Å². The first kappa shape index (κ1) is 46.5. The SMILES string of the molecule is CCCCCCCCCCCCCCCC[N+](C)(C)C.O=S(=O)(O)c1ccccc1.[CH2]CCCCCCCCCCC.[OH-]. The first-order valence-electron chi connectivity index (χ1n) is 17.7. The quantitative estimate of drug-likeness (QED) is 0.0663. The molecule has 2 N–H and O–H groups in total. The fourth-order valence-electron chi connectivity index (χ4n) is 4.86. The Morgan fingerprint density at radius 2 is 0.860 bits per heavy atom. The molecule has 0 fully saturated rings. The summed E-state index contributed by atoms with van der Waals surface area (Å²) in [6.45, 7) is 9.74. The first-order valence-corrected chi connectivity index (χ1v) is 19.1. The Morgan fingerprint density at radius 1 is 0.558 bits per heavy atom.